The van der Waals surface area contributed by atoms with Gasteiger partial charge < -0.3 is 0 Å². The minimum absolute atomic E-state index is 1.08. The van der Waals surface area contributed by atoms with Gasteiger partial charge in [0.1, 0.15) is 0 Å². The number of hydrogen-bond acceptors (Lipinski definition) is 0. The summed E-state index contributed by atoms with van der Waals surface area (Å²) in [5, 5.41) is 0. The lowest BCUT2D eigenvalue weighted by Gasteiger charge is -2.03. The van der Waals surface area contributed by atoms with Gasteiger partial charge in [0.15, 0.2) is 0 Å². The zero-order valence-corrected chi connectivity index (χ0v) is 9.25. The molecule has 2 rings (SSSR count). The van der Waals surface area contributed by atoms with Gasteiger partial charge >= 0.3 is 0 Å². The molecule has 0 unspecified atom stereocenters. The first-order chi connectivity index (χ1) is 7.29. The van der Waals surface area contributed by atoms with Crippen LogP contribution in [0, 0.1) is 13.0 Å². The Morgan fingerprint density at radius 3 is 2.47 bits per heavy atom. The van der Waals surface area contributed by atoms with Crippen molar-refractivity contribution < 1.29 is 0 Å². The SMILES string of the molecule is CCc1cc[c]c(-c2ccc(C)cc2)c1. The van der Waals surface area contributed by atoms with Crippen molar-refractivity contribution in [3.8, 4) is 11.1 Å². The van der Waals surface area contributed by atoms with Crippen molar-refractivity contribution in [2.75, 3.05) is 0 Å². The van der Waals surface area contributed by atoms with E-state index in [-0.39, 0.29) is 0 Å². The molecule has 0 aliphatic rings. The summed E-state index contributed by atoms with van der Waals surface area (Å²) in [4.78, 5) is 0. The fraction of sp³-hybridized carbons (Fsp3) is 0.200. The maximum absolute atomic E-state index is 3.28. The largest absolute Gasteiger partial charge is 0.0613 e. The van der Waals surface area contributed by atoms with E-state index in [0.29, 0.717) is 0 Å². The van der Waals surface area contributed by atoms with Crippen molar-refractivity contribution >= 4 is 0 Å². The molecule has 0 nitrogen and oxygen atoms in total. The molecule has 0 amide bonds. The van der Waals surface area contributed by atoms with Crippen LogP contribution in [0.5, 0.6) is 0 Å². The monoisotopic (exact) mass is 195 g/mol. The van der Waals surface area contributed by atoms with E-state index in [2.05, 4.69) is 56.3 Å². The van der Waals surface area contributed by atoms with Crippen molar-refractivity contribution in [3.05, 3.63) is 59.7 Å². The van der Waals surface area contributed by atoms with Crippen molar-refractivity contribution in [2.24, 2.45) is 0 Å². The van der Waals surface area contributed by atoms with Crippen LogP contribution in [0.2, 0.25) is 0 Å². The van der Waals surface area contributed by atoms with E-state index in [1.165, 1.54) is 22.3 Å². The minimum atomic E-state index is 1.08. The predicted octanol–water partition coefficient (Wildman–Crippen LogP) is 4.02. The average molecular weight is 195 g/mol. The van der Waals surface area contributed by atoms with Gasteiger partial charge in [0.05, 0.1) is 0 Å². The second-order valence-corrected chi connectivity index (χ2v) is 3.83. The fourth-order valence-corrected chi connectivity index (χ4v) is 1.63. The number of benzene rings is 2. The summed E-state index contributed by atoms with van der Waals surface area (Å²) >= 11 is 0. The van der Waals surface area contributed by atoms with Crippen molar-refractivity contribution in [1.82, 2.24) is 0 Å². The van der Waals surface area contributed by atoms with Crippen LogP contribution in [-0.4, -0.2) is 0 Å². The molecule has 0 fully saturated rings. The van der Waals surface area contributed by atoms with Crippen molar-refractivity contribution in [1.29, 1.82) is 0 Å². The minimum Gasteiger partial charge on any atom is -0.0613 e. The van der Waals surface area contributed by atoms with E-state index in [0.717, 1.165) is 6.42 Å². The molecular weight excluding hydrogens is 180 g/mol. The Labute approximate surface area is 91.6 Å². The molecule has 0 aromatic heterocycles. The van der Waals surface area contributed by atoms with E-state index in [9.17, 15) is 0 Å². The van der Waals surface area contributed by atoms with Gasteiger partial charge in [0, 0.05) is 0 Å². The molecular formula is C15H15. The number of hydrogen-bond donors (Lipinski definition) is 0. The first-order valence-corrected chi connectivity index (χ1v) is 5.37. The summed E-state index contributed by atoms with van der Waals surface area (Å²) in [6.45, 7) is 4.28. The molecule has 0 aliphatic carbocycles. The fourth-order valence-electron chi connectivity index (χ4n) is 1.63. The molecule has 0 atom stereocenters. The highest BCUT2D eigenvalue weighted by molar-refractivity contribution is 5.63. The van der Waals surface area contributed by atoms with Crippen LogP contribution in [0.1, 0.15) is 18.1 Å². The summed E-state index contributed by atoms with van der Waals surface area (Å²) in [5.41, 5.74) is 5.10. The number of aryl methyl sites for hydroxylation is 2. The van der Waals surface area contributed by atoms with Crippen LogP contribution in [0.15, 0.2) is 42.5 Å². The van der Waals surface area contributed by atoms with Crippen LogP contribution in [0.3, 0.4) is 0 Å². The van der Waals surface area contributed by atoms with Crippen LogP contribution >= 0.6 is 0 Å². The van der Waals surface area contributed by atoms with E-state index in [1.54, 1.807) is 0 Å². The highest BCUT2D eigenvalue weighted by atomic mass is 14.0. The molecule has 0 aliphatic heterocycles. The maximum atomic E-state index is 3.28. The van der Waals surface area contributed by atoms with Gasteiger partial charge in [-0.05, 0) is 36.1 Å². The molecule has 75 valence electrons. The first kappa shape index (κ1) is 9.97. The van der Waals surface area contributed by atoms with Crippen LogP contribution in [0.25, 0.3) is 11.1 Å². The normalized spacial score (nSPS) is 10.3. The highest BCUT2D eigenvalue weighted by Gasteiger charge is 1.98. The molecule has 0 saturated heterocycles. The Morgan fingerprint density at radius 1 is 1.07 bits per heavy atom. The molecule has 0 heterocycles. The van der Waals surface area contributed by atoms with Crippen LogP contribution < -0.4 is 0 Å². The van der Waals surface area contributed by atoms with Gasteiger partial charge in [-0.3, -0.25) is 0 Å². The van der Waals surface area contributed by atoms with Crippen LogP contribution in [-0.2, 0) is 6.42 Å². The smallest absolute Gasteiger partial charge is 0.00990 e. The summed E-state index contributed by atoms with van der Waals surface area (Å²) in [6, 6.07) is 18.2. The van der Waals surface area contributed by atoms with Gasteiger partial charge in [-0.25, -0.2) is 0 Å². The standard InChI is InChI=1S/C15H15/c1-3-13-5-4-6-15(11-13)14-9-7-12(2)8-10-14/h4-5,7-11H,3H2,1-2H3. The van der Waals surface area contributed by atoms with Gasteiger partial charge in [-0.1, -0.05) is 55.0 Å². The van der Waals surface area contributed by atoms with Crippen LogP contribution in [0.4, 0.5) is 0 Å². The zero-order valence-electron chi connectivity index (χ0n) is 9.25. The van der Waals surface area contributed by atoms with E-state index >= 15 is 0 Å². The zero-order chi connectivity index (χ0) is 10.7. The Bertz CT molecular complexity index is 438. The average Bonchev–Trinajstić information content (AvgIpc) is 2.30. The molecule has 0 saturated carbocycles. The third-order valence-electron chi connectivity index (χ3n) is 2.64. The molecule has 2 aromatic rings. The van der Waals surface area contributed by atoms with Crippen molar-refractivity contribution in [2.45, 2.75) is 20.3 Å². The Balaban J connectivity index is 2.40. The molecule has 0 bridgehead atoms. The van der Waals surface area contributed by atoms with Gasteiger partial charge in [-0.15, -0.1) is 0 Å². The predicted molar refractivity (Wildman–Crippen MR) is 64.8 cm³/mol. The van der Waals surface area contributed by atoms with Gasteiger partial charge in [-0.2, -0.15) is 0 Å². The molecule has 0 spiro atoms. The lowest BCUT2D eigenvalue weighted by Crippen LogP contribution is -1.83. The Kier molecular flexibility index (Phi) is 2.86. The quantitative estimate of drug-likeness (QED) is 0.678. The topological polar surface area (TPSA) is 0 Å². The van der Waals surface area contributed by atoms with E-state index in [1.807, 2.05) is 6.07 Å². The molecule has 0 heteroatoms. The summed E-state index contributed by atoms with van der Waals surface area (Å²) in [6.07, 6.45) is 1.08. The molecule has 0 N–H and O–H groups in total. The van der Waals surface area contributed by atoms with Gasteiger partial charge in [0.25, 0.3) is 0 Å². The first-order valence-electron chi connectivity index (χ1n) is 5.37. The Hall–Kier alpha value is -1.56. The lowest BCUT2D eigenvalue weighted by molar-refractivity contribution is 1.14. The lowest BCUT2D eigenvalue weighted by atomic mass is 10.0. The summed E-state index contributed by atoms with van der Waals surface area (Å²) < 4.78 is 0. The third-order valence-corrected chi connectivity index (χ3v) is 2.64. The van der Waals surface area contributed by atoms with Gasteiger partial charge in [0.2, 0.25) is 0 Å². The third kappa shape index (κ3) is 2.27. The Morgan fingerprint density at radius 2 is 1.80 bits per heavy atom. The molecule has 1 radical (unpaired) electrons. The summed E-state index contributed by atoms with van der Waals surface area (Å²) in [7, 11) is 0. The summed E-state index contributed by atoms with van der Waals surface area (Å²) in [5.74, 6) is 0. The second-order valence-electron chi connectivity index (χ2n) is 3.83. The molecule has 15 heavy (non-hydrogen) atoms. The number of rotatable bonds is 2. The van der Waals surface area contributed by atoms with E-state index in [4.69, 9.17) is 0 Å². The van der Waals surface area contributed by atoms with Crippen molar-refractivity contribution in [3.63, 3.8) is 0 Å². The molecule has 2 aromatic carbocycles. The maximum Gasteiger partial charge on any atom is -0.00990 e. The van der Waals surface area contributed by atoms with E-state index < -0.39 is 0 Å². The highest BCUT2D eigenvalue weighted by Crippen LogP contribution is 2.20. The second kappa shape index (κ2) is 4.31.